The Bertz CT molecular complexity index is 1540. The normalized spacial score (nSPS) is 15.8. The Morgan fingerprint density at radius 2 is 1.86 bits per heavy atom. The molecule has 0 aliphatic carbocycles. The van der Waals surface area contributed by atoms with E-state index < -0.39 is 5.41 Å². The summed E-state index contributed by atoms with van der Waals surface area (Å²) in [7, 11) is 1.47. The van der Waals surface area contributed by atoms with Gasteiger partial charge >= 0.3 is 5.97 Å². The van der Waals surface area contributed by atoms with Gasteiger partial charge in [-0.25, -0.2) is 9.67 Å². The molecule has 0 unspecified atom stereocenters. The smallest absolute Gasteiger partial charge is 0.312 e. The number of aromatic nitrogens is 5. The molecule has 0 bridgehead atoms. The molecule has 0 radical (unpaired) electrons. The fourth-order valence-corrected chi connectivity index (χ4v) is 6.71. The van der Waals surface area contributed by atoms with Crippen LogP contribution in [0.2, 0.25) is 0 Å². The van der Waals surface area contributed by atoms with Crippen LogP contribution in [0.1, 0.15) is 86.5 Å². The Morgan fingerprint density at radius 3 is 2.55 bits per heavy atom. The molecular weight excluding hydrogens is 524 g/mol. The van der Waals surface area contributed by atoms with Crippen LogP contribution in [0.4, 0.5) is 0 Å². The van der Waals surface area contributed by atoms with Crippen LogP contribution >= 0.6 is 0 Å². The van der Waals surface area contributed by atoms with E-state index in [9.17, 15) is 4.79 Å². The highest BCUT2D eigenvalue weighted by Crippen LogP contribution is 2.44. The van der Waals surface area contributed by atoms with Gasteiger partial charge in [-0.3, -0.25) is 9.69 Å². The lowest BCUT2D eigenvalue weighted by Gasteiger charge is -2.34. The van der Waals surface area contributed by atoms with Crippen molar-refractivity contribution in [1.82, 2.24) is 29.4 Å². The highest BCUT2D eigenvalue weighted by molar-refractivity contribution is 5.82. The SMILES string of the molecule is CCC1CCN(Cc2nccn2Cc2cc([C@@H](c3ccc4c(nnn4CC)c3C)C(C)(C)C(=O)OC)ccc2C)CC1. The zero-order chi connectivity index (χ0) is 30.0. The Balaban J connectivity index is 1.50. The Morgan fingerprint density at radius 1 is 1.10 bits per heavy atom. The second-order valence-electron chi connectivity index (χ2n) is 12.5. The molecule has 1 fully saturated rings. The van der Waals surface area contributed by atoms with Crippen LogP contribution in [0.5, 0.6) is 0 Å². The quantitative estimate of drug-likeness (QED) is 0.209. The van der Waals surface area contributed by atoms with Gasteiger partial charge in [0.15, 0.2) is 0 Å². The fraction of sp³-hybridized carbons (Fsp3) is 0.529. The number of carbonyl (C=O) groups excluding carboxylic acids is 1. The molecule has 1 aliphatic heterocycles. The molecule has 5 rings (SSSR count). The van der Waals surface area contributed by atoms with E-state index >= 15 is 0 Å². The summed E-state index contributed by atoms with van der Waals surface area (Å²) >= 11 is 0. The van der Waals surface area contributed by atoms with E-state index in [1.54, 1.807) is 0 Å². The Hall–Kier alpha value is -3.52. The number of imidazole rings is 1. The summed E-state index contributed by atoms with van der Waals surface area (Å²) in [6.07, 6.45) is 7.83. The number of hydrogen-bond donors (Lipinski definition) is 0. The first-order valence-electron chi connectivity index (χ1n) is 15.4. The predicted octanol–water partition coefficient (Wildman–Crippen LogP) is 6.27. The molecule has 1 saturated heterocycles. The maximum atomic E-state index is 13.3. The van der Waals surface area contributed by atoms with Gasteiger partial charge in [0.2, 0.25) is 0 Å². The minimum atomic E-state index is -0.814. The maximum absolute atomic E-state index is 13.3. The first-order valence-corrected chi connectivity index (χ1v) is 15.4. The first kappa shape index (κ1) is 30.0. The summed E-state index contributed by atoms with van der Waals surface area (Å²) in [6.45, 7) is 17.2. The number of benzene rings is 2. The molecule has 2 aromatic carbocycles. The molecular formula is C34H46N6O2. The molecule has 4 aromatic rings. The van der Waals surface area contributed by atoms with Gasteiger partial charge in [-0.1, -0.05) is 42.8 Å². The molecule has 1 aliphatic rings. The highest BCUT2D eigenvalue weighted by Gasteiger charge is 2.41. The van der Waals surface area contributed by atoms with Crippen molar-refractivity contribution in [3.63, 3.8) is 0 Å². The van der Waals surface area contributed by atoms with Crippen molar-refractivity contribution in [2.75, 3.05) is 20.2 Å². The van der Waals surface area contributed by atoms with Crippen molar-refractivity contribution in [1.29, 1.82) is 0 Å². The fourth-order valence-electron chi connectivity index (χ4n) is 6.71. The predicted molar refractivity (Wildman–Crippen MR) is 166 cm³/mol. The average molecular weight is 571 g/mol. The van der Waals surface area contributed by atoms with Crippen molar-refractivity contribution in [3.8, 4) is 0 Å². The number of aryl methyl sites for hydroxylation is 3. The van der Waals surface area contributed by atoms with Crippen molar-refractivity contribution < 1.29 is 9.53 Å². The second kappa shape index (κ2) is 12.4. The lowest BCUT2D eigenvalue weighted by molar-refractivity contribution is -0.151. The summed E-state index contributed by atoms with van der Waals surface area (Å²) in [5.74, 6) is 1.48. The summed E-state index contributed by atoms with van der Waals surface area (Å²) in [4.78, 5) is 20.5. The maximum Gasteiger partial charge on any atom is 0.312 e. The van der Waals surface area contributed by atoms with E-state index in [0.717, 1.165) is 72.2 Å². The van der Waals surface area contributed by atoms with Gasteiger partial charge in [0, 0.05) is 31.4 Å². The van der Waals surface area contributed by atoms with Gasteiger partial charge in [0.25, 0.3) is 0 Å². The lowest BCUT2D eigenvalue weighted by atomic mass is 9.69. The molecule has 0 N–H and O–H groups in total. The number of fused-ring (bicyclic) bond motifs is 1. The third-order valence-electron chi connectivity index (χ3n) is 9.52. The molecule has 0 saturated carbocycles. The van der Waals surface area contributed by atoms with E-state index in [0.29, 0.717) is 0 Å². The number of piperidine rings is 1. The standard InChI is InChI=1S/C34H46N6O2/c1-8-25-14-17-38(18-15-25)22-30-35-16-19-39(30)21-27-20-26(11-10-23(27)3)31(34(5,6)33(41)42-7)28-12-13-29-32(24(28)4)36-37-40(29)9-2/h10-13,16,19-20,25,31H,8-9,14-15,17-18,21-22H2,1-7H3/t31-/m0/s1. The van der Waals surface area contributed by atoms with Gasteiger partial charge in [-0.05, 0) is 100 Å². The van der Waals surface area contributed by atoms with Crippen molar-refractivity contribution in [3.05, 3.63) is 76.4 Å². The van der Waals surface area contributed by atoms with Gasteiger partial charge in [-0.15, -0.1) is 5.10 Å². The van der Waals surface area contributed by atoms with Crippen LogP contribution in [0.3, 0.4) is 0 Å². The average Bonchev–Trinajstić information content (AvgIpc) is 3.62. The molecule has 8 heteroatoms. The van der Waals surface area contributed by atoms with E-state index in [1.165, 1.54) is 37.5 Å². The van der Waals surface area contributed by atoms with Gasteiger partial charge in [0.05, 0.1) is 24.6 Å². The Labute approximate surface area is 250 Å². The van der Waals surface area contributed by atoms with Crippen LogP contribution in [-0.2, 0) is 29.2 Å². The monoisotopic (exact) mass is 570 g/mol. The van der Waals surface area contributed by atoms with Crippen molar-refractivity contribution >= 4 is 17.0 Å². The minimum absolute atomic E-state index is 0.234. The van der Waals surface area contributed by atoms with E-state index in [-0.39, 0.29) is 11.9 Å². The number of carbonyl (C=O) groups is 1. The number of ether oxygens (including phenoxy) is 1. The van der Waals surface area contributed by atoms with E-state index in [2.05, 4.69) is 84.0 Å². The molecule has 0 amide bonds. The van der Waals surface area contributed by atoms with Crippen LogP contribution in [0, 0.1) is 25.2 Å². The number of hydrogen-bond acceptors (Lipinski definition) is 6. The third kappa shape index (κ3) is 5.74. The van der Waals surface area contributed by atoms with Crippen LogP contribution < -0.4 is 0 Å². The van der Waals surface area contributed by atoms with E-state index in [1.807, 2.05) is 24.7 Å². The number of likely N-dealkylation sites (tertiary alicyclic amines) is 1. The molecule has 2 aromatic heterocycles. The van der Waals surface area contributed by atoms with Crippen LogP contribution in [0.15, 0.2) is 42.7 Å². The third-order valence-corrected chi connectivity index (χ3v) is 9.52. The molecule has 8 nitrogen and oxygen atoms in total. The summed E-state index contributed by atoms with van der Waals surface area (Å²) in [5, 5.41) is 8.85. The Kier molecular flexibility index (Phi) is 8.83. The zero-order valence-electron chi connectivity index (χ0n) is 26.4. The van der Waals surface area contributed by atoms with Gasteiger partial charge in [0.1, 0.15) is 11.3 Å². The lowest BCUT2D eigenvalue weighted by Crippen LogP contribution is -2.34. The number of methoxy groups -OCH3 is 1. The van der Waals surface area contributed by atoms with Crippen LogP contribution in [-0.4, -0.2) is 55.6 Å². The summed E-state index contributed by atoms with van der Waals surface area (Å²) in [5.41, 5.74) is 6.69. The topological polar surface area (TPSA) is 78.1 Å². The first-order chi connectivity index (χ1) is 20.2. The minimum Gasteiger partial charge on any atom is -0.469 e. The largest absolute Gasteiger partial charge is 0.469 e. The van der Waals surface area contributed by atoms with Crippen LogP contribution in [0.25, 0.3) is 11.0 Å². The summed E-state index contributed by atoms with van der Waals surface area (Å²) in [6, 6.07) is 10.8. The second-order valence-corrected chi connectivity index (χ2v) is 12.5. The van der Waals surface area contributed by atoms with Crippen molar-refractivity contribution in [2.45, 2.75) is 86.4 Å². The number of nitrogens with zero attached hydrogens (tertiary/aromatic N) is 6. The highest BCUT2D eigenvalue weighted by atomic mass is 16.5. The molecule has 1 atom stereocenters. The zero-order valence-corrected chi connectivity index (χ0v) is 26.4. The summed E-state index contributed by atoms with van der Waals surface area (Å²) < 4.78 is 9.53. The number of rotatable bonds is 10. The van der Waals surface area contributed by atoms with E-state index in [4.69, 9.17) is 9.72 Å². The molecule has 224 valence electrons. The molecule has 42 heavy (non-hydrogen) atoms. The number of esters is 1. The molecule has 3 heterocycles. The van der Waals surface area contributed by atoms with Gasteiger partial charge in [-0.2, -0.15) is 0 Å². The molecule has 0 spiro atoms. The van der Waals surface area contributed by atoms with Crippen molar-refractivity contribution in [2.24, 2.45) is 11.3 Å². The van der Waals surface area contributed by atoms with Gasteiger partial charge < -0.3 is 9.30 Å².